The molecule has 1 saturated heterocycles. The summed E-state index contributed by atoms with van der Waals surface area (Å²) < 4.78 is 22.3. The summed E-state index contributed by atoms with van der Waals surface area (Å²) in [5.74, 6) is 0.00805. The van der Waals surface area contributed by atoms with Crippen LogP contribution in [-0.2, 0) is 14.3 Å². The molecule has 1 unspecified atom stereocenters. The first kappa shape index (κ1) is 24.6. The smallest absolute Gasteiger partial charge is 0.295 e. The van der Waals surface area contributed by atoms with Gasteiger partial charge in [0.2, 0.25) is 0 Å². The summed E-state index contributed by atoms with van der Waals surface area (Å²) >= 11 is 0. The van der Waals surface area contributed by atoms with Crippen LogP contribution in [0.1, 0.15) is 43.4 Å². The molecule has 0 bridgehead atoms. The number of hydrogen-bond acceptors (Lipinski definition) is 7. The number of nitrogens with zero attached hydrogens (tertiary/aromatic N) is 1. The number of benzene rings is 2. The Balaban J connectivity index is 1.73. The van der Waals surface area contributed by atoms with E-state index in [9.17, 15) is 14.7 Å². The molecule has 186 valence electrons. The van der Waals surface area contributed by atoms with E-state index < -0.39 is 17.7 Å². The Morgan fingerprint density at radius 3 is 2.63 bits per heavy atom. The predicted molar refractivity (Wildman–Crippen MR) is 130 cm³/mol. The SMILES string of the molecule is CCCCCOc1cccc(C2/C(=C(\O)c3ccc4c(c3)OCCO4)C(=O)C(=O)N2CCOC)c1. The van der Waals surface area contributed by atoms with Gasteiger partial charge in [-0.05, 0) is 42.3 Å². The van der Waals surface area contributed by atoms with Crippen LogP contribution >= 0.6 is 0 Å². The number of carbonyl (C=O) groups excluding carboxylic acids is 2. The summed E-state index contributed by atoms with van der Waals surface area (Å²) in [5.41, 5.74) is 1.06. The molecule has 1 N–H and O–H groups in total. The molecule has 1 atom stereocenters. The van der Waals surface area contributed by atoms with Gasteiger partial charge in [-0.1, -0.05) is 31.9 Å². The summed E-state index contributed by atoms with van der Waals surface area (Å²) in [6, 6.07) is 11.5. The maximum atomic E-state index is 13.2. The van der Waals surface area contributed by atoms with Crippen molar-refractivity contribution in [3.05, 3.63) is 59.2 Å². The first-order valence-electron chi connectivity index (χ1n) is 11.9. The molecule has 0 radical (unpaired) electrons. The number of Topliss-reactive ketones (excluding diaryl/α,β-unsaturated/α-hetero) is 1. The van der Waals surface area contributed by atoms with Crippen molar-refractivity contribution >= 4 is 17.4 Å². The highest BCUT2D eigenvalue weighted by atomic mass is 16.6. The standard InChI is InChI=1S/C27H31NO7/c1-3-4-5-12-33-20-8-6-7-18(16-20)24-23(26(30)27(31)28(24)11-13-32-2)25(29)19-9-10-21-22(17-19)35-15-14-34-21/h6-10,16-17,24,29H,3-5,11-15H2,1-2H3/b25-23+. The number of fused-ring (bicyclic) bond motifs is 1. The average molecular weight is 482 g/mol. The van der Waals surface area contributed by atoms with Crippen molar-refractivity contribution in [3.8, 4) is 17.2 Å². The van der Waals surface area contributed by atoms with Gasteiger partial charge >= 0.3 is 0 Å². The van der Waals surface area contributed by atoms with Crippen LogP contribution in [0.15, 0.2) is 48.0 Å². The average Bonchev–Trinajstić information content (AvgIpc) is 3.14. The predicted octanol–water partition coefficient (Wildman–Crippen LogP) is 4.09. The van der Waals surface area contributed by atoms with E-state index in [1.807, 2.05) is 24.3 Å². The van der Waals surface area contributed by atoms with Crippen LogP contribution in [0.4, 0.5) is 0 Å². The monoisotopic (exact) mass is 481 g/mol. The number of methoxy groups -OCH3 is 1. The third-order valence-electron chi connectivity index (χ3n) is 6.08. The minimum Gasteiger partial charge on any atom is -0.507 e. The van der Waals surface area contributed by atoms with Crippen molar-refractivity contribution in [3.63, 3.8) is 0 Å². The van der Waals surface area contributed by atoms with Crippen molar-refractivity contribution in [2.45, 2.75) is 32.2 Å². The van der Waals surface area contributed by atoms with E-state index in [-0.39, 0.29) is 24.5 Å². The molecule has 2 aliphatic rings. The summed E-state index contributed by atoms with van der Waals surface area (Å²) in [6.07, 6.45) is 3.11. The van der Waals surface area contributed by atoms with Crippen LogP contribution in [0.2, 0.25) is 0 Å². The Morgan fingerprint density at radius 1 is 1.06 bits per heavy atom. The van der Waals surface area contributed by atoms with Crippen molar-refractivity contribution in [1.29, 1.82) is 0 Å². The molecule has 2 aromatic carbocycles. The molecular formula is C27H31NO7. The number of amides is 1. The van der Waals surface area contributed by atoms with Gasteiger partial charge in [0.15, 0.2) is 11.5 Å². The van der Waals surface area contributed by atoms with Crippen LogP contribution in [0.5, 0.6) is 17.2 Å². The zero-order valence-corrected chi connectivity index (χ0v) is 20.1. The van der Waals surface area contributed by atoms with E-state index in [0.717, 1.165) is 19.3 Å². The molecule has 8 nitrogen and oxygen atoms in total. The lowest BCUT2D eigenvalue weighted by molar-refractivity contribution is -0.140. The number of ketones is 1. The molecule has 2 aliphatic heterocycles. The van der Waals surface area contributed by atoms with Gasteiger partial charge in [0.25, 0.3) is 11.7 Å². The quantitative estimate of drug-likeness (QED) is 0.236. The Hall–Kier alpha value is -3.52. The summed E-state index contributed by atoms with van der Waals surface area (Å²) in [5, 5.41) is 11.3. The van der Waals surface area contributed by atoms with Crippen LogP contribution in [0, 0.1) is 0 Å². The van der Waals surface area contributed by atoms with E-state index in [1.54, 1.807) is 18.2 Å². The molecule has 2 aromatic rings. The van der Waals surface area contributed by atoms with Gasteiger partial charge in [-0.2, -0.15) is 0 Å². The van der Waals surface area contributed by atoms with Crippen molar-refractivity contribution in [2.75, 3.05) is 40.1 Å². The molecule has 0 aliphatic carbocycles. The second-order valence-electron chi connectivity index (χ2n) is 8.47. The third-order valence-corrected chi connectivity index (χ3v) is 6.08. The first-order valence-corrected chi connectivity index (χ1v) is 11.9. The number of unbranched alkanes of at least 4 members (excludes halogenated alkanes) is 2. The van der Waals surface area contributed by atoms with Gasteiger partial charge in [-0.25, -0.2) is 0 Å². The molecule has 2 heterocycles. The highest BCUT2D eigenvalue weighted by Crippen LogP contribution is 2.41. The normalized spacial score (nSPS) is 18.7. The van der Waals surface area contributed by atoms with Gasteiger partial charge in [0, 0.05) is 19.2 Å². The summed E-state index contributed by atoms with van der Waals surface area (Å²) in [6.45, 7) is 4.00. The number of carbonyl (C=O) groups is 2. The van der Waals surface area contributed by atoms with E-state index >= 15 is 0 Å². The largest absolute Gasteiger partial charge is 0.507 e. The first-order chi connectivity index (χ1) is 17.0. The van der Waals surface area contributed by atoms with Gasteiger partial charge in [-0.3, -0.25) is 9.59 Å². The molecule has 4 rings (SSSR count). The number of rotatable bonds is 10. The topological polar surface area (TPSA) is 94.5 Å². The fraction of sp³-hybridized carbons (Fsp3) is 0.407. The van der Waals surface area contributed by atoms with Gasteiger partial charge in [-0.15, -0.1) is 0 Å². The molecule has 0 spiro atoms. The second-order valence-corrected chi connectivity index (χ2v) is 8.47. The maximum Gasteiger partial charge on any atom is 0.295 e. The minimum atomic E-state index is -0.780. The van der Waals surface area contributed by atoms with Gasteiger partial charge < -0.3 is 29.0 Å². The van der Waals surface area contributed by atoms with E-state index in [0.29, 0.717) is 48.2 Å². The number of ether oxygens (including phenoxy) is 4. The third kappa shape index (κ3) is 5.27. The fourth-order valence-electron chi connectivity index (χ4n) is 4.31. The maximum absolute atomic E-state index is 13.2. The van der Waals surface area contributed by atoms with Gasteiger partial charge in [0.05, 0.1) is 24.8 Å². The number of hydrogen-bond donors (Lipinski definition) is 1. The highest BCUT2D eigenvalue weighted by molar-refractivity contribution is 6.46. The molecule has 0 saturated carbocycles. The minimum absolute atomic E-state index is 0.0194. The van der Waals surface area contributed by atoms with E-state index in [1.165, 1.54) is 12.0 Å². The van der Waals surface area contributed by atoms with Crippen LogP contribution in [-0.4, -0.2) is 61.8 Å². The summed E-state index contributed by atoms with van der Waals surface area (Å²) in [4.78, 5) is 27.6. The van der Waals surface area contributed by atoms with Gasteiger partial charge in [0.1, 0.15) is 24.7 Å². The lowest BCUT2D eigenvalue weighted by Gasteiger charge is -2.25. The molecule has 0 aromatic heterocycles. The lowest BCUT2D eigenvalue weighted by atomic mass is 9.95. The highest BCUT2D eigenvalue weighted by Gasteiger charge is 2.46. The molecule has 1 fully saturated rings. The molecule has 8 heteroatoms. The number of aliphatic hydroxyl groups is 1. The van der Waals surface area contributed by atoms with Crippen molar-refractivity contribution in [1.82, 2.24) is 4.90 Å². The Kier molecular flexibility index (Phi) is 7.92. The number of aliphatic hydroxyl groups excluding tert-OH is 1. The lowest BCUT2D eigenvalue weighted by Crippen LogP contribution is -2.32. The molecule has 35 heavy (non-hydrogen) atoms. The fourth-order valence-corrected chi connectivity index (χ4v) is 4.31. The second kappa shape index (κ2) is 11.3. The Morgan fingerprint density at radius 2 is 1.86 bits per heavy atom. The number of likely N-dealkylation sites (tertiary alicyclic amines) is 1. The molecule has 1 amide bonds. The van der Waals surface area contributed by atoms with Crippen molar-refractivity contribution in [2.24, 2.45) is 0 Å². The van der Waals surface area contributed by atoms with Crippen molar-refractivity contribution < 1.29 is 33.6 Å². The van der Waals surface area contributed by atoms with Crippen LogP contribution in [0.3, 0.4) is 0 Å². The van der Waals surface area contributed by atoms with Crippen LogP contribution in [0.25, 0.3) is 5.76 Å². The van der Waals surface area contributed by atoms with Crippen LogP contribution < -0.4 is 14.2 Å². The van der Waals surface area contributed by atoms with E-state index in [2.05, 4.69) is 6.92 Å². The molecular weight excluding hydrogens is 450 g/mol. The zero-order valence-electron chi connectivity index (χ0n) is 20.1. The summed E-state index contributed by atoms with van der Waals surface area (Å²) in [7, 11) is 1.53. The Labute approximate surface area is 205 Å². The van der Waals surface area contributed by atoms with E-state index in [4.69, 9.17) is 18.9 Å². The Bertz CT molecular complexity index is 1110. The zero-order chi connectivity index (χ0) is 24.8.